The average Bonchev–Trinajstić information content (AvgIpc) is 3.32. The van der Waals surface area contributed by atoms with Crippen molar-refractivity contribution < 1.29 is 28.6 Å². The van der Waals surface area contributed by atoms with Gasteiger partial charge in [-0.2, -0.15) is 0 Å². The van der Waals surface area contributed by atoms with Crippen molar-refractivity contribution in [1.29, 1.82) is 0 Å². The molecule has 180 valence electrons. The van der Waals surface area contributed by atoms with Crippen molar-refractivity contribution in [3.63, 3.8) is 0 Å². The third-order valence-electron chi connectivity index (χ3n) is 5.74. The molecule has 0 spiro atoms. The maximum absolute atomic E-state index is 15.0. The number of aliphatic hydroxyl groups is 1. The maximum atomic E-state index is 15.0. The number of nitrogens with zero attached hydrogens (tertiary/aromatic N) is 2. The largest absolute Gasteiger partial charge is 0.507 e. The number of hydrogen-bond acceptors (Lipinski definition) is 7. The Bertz CT molecular complexity index is 1390. The summed E-state index contributed by atoms with van der Waals surface area (Å²) in [4.78, 5) is 44.4. The lowest BCUT2D eigenvalue weighted by Gasteiger charge is -2.23. The first-order valence-electron chi connectivity index (χ1n) is 10.9. The number of carbonyl (C=O) groups is 3. The summed E-state index contributed by atoms with van der Waals surface area (Å²) in [6.07, 6.45) is 0. The van der Waals surface area contributed by atoms with Crippen LogP contribution in [0.5, 0.6) is 0 Å². The number of anilines is 1. The van der Waals surface area contributed by atoms with Gasteiger partial charge in [0.15, 0.2) is 5.13 Å². The Morgan fingerprint density at radius 3 is 2.57 bits per heavy atom. The second-order valence-electron chi connectivity index (χ2n) is 8.14. The molecule has 4 rings (SSSR count). The number of rotatable bonds is 5. The summed E-state index contributed by atoms with van der Waals surface area (Å²) in [5, 5.41) is 11.3. The van der Waals surface area contributed by atoms with Crippen LogP contribution >= 0.6 is 11.3 Å². The molecule has 1 N–H and O–H groups in total. The van der Waals surface area contributed by atoms with E-state index < -0.39 is 35.3 Å². The summed E-state index contributed by atoms with van der Waals surface area (Å²) >= 11 is 0.871. The van der Waals surface area contributed by atoms with E-state index in [1.165, 1.54) is 18.2 Å². The first-order chi connectivity index (χ1) is 16.6. The van der Waals surface area contributed by atoms with Gasteiger partial charge < -0.3 is 9.84 Å². The van der Waals surface area contributed by atoms with Gasteiger partial charge in [0.1, 0.15) is 22.5 Å². The Labute approximate surface area is 205 Å². The van der Waals surface area contributed by atoms with Crippen LogP contribution in [-0.4, -0.2) is 34.4 Å². The van der Waals surface area contributed by atoms with E-state index in [2.05, 4.69) is 4.98 Å². The van der Waals surface area contributed by atoms with Crippen molar-refractivity contribution in [2.24, 2.45) is 0 Å². The van der Waals surface area contributed by atoms with Crippen molar-refractivity contribution in [3.05, 3.63) is 86.7 Å². The van der Waals surface area contributed by atoms with Crippen molar-refractivity contribution in [2.45, 2.75) is 33.7 Å². The molecule has 1 aromatic heterocycles. The van der Waals surface area contributed by atoms with Gasteiger partial charge in [-0.25, -0.2) is 14.2 Å². The molecule has 1 atom stereocenters. The molecule has 1 amide bonds. The van der Waals surface area contributed by atoms with Crippen LogP contribution in [0.4, 0.5) is 9.52 Å². The summed E-state index contributed by atoms with van der Waals surface area (Å²) < 4.78 is 20.1. The molecule has 9 heteroatoms. The van der Waals surface area contributed by atoms with Crippen LogP contribution in [-0.2, 0) is 14.3 Å². The van der Waals surface area contributed by atoms with Gasteiger partial charge in [0.05, 0.1) is 17.9 Å². The number of aliphatic hydroxyl groups excluding tert-OH is 1. The van der Waals surface area contributed by atoms with Crippen molar-refractivity contribution in [3.8, 4) is 0 Å². The zero-order valence-corrected chi connectivity index (χ0v) is 20.4. The number of amides is 1. The summed E-state index contributed by atoms with van der Waals surface area (Å²) in [7, 11) is 0. The number of Topliss-reactive ketones (excluding diaryl/α,β-unsaturated/α-hetero) is 1. The number of halogens is 1. The molecule has 1 fully saturated rings. The molecule has 3 aromatic rings. The molecule has 1 aliphatic rings. The van der Waals surface area contributed by atoms with Crippen LogP contribution in [0, 0.1) is 26.6 Å². The van der Waals surface area contributed by atoms with Gasteiger partial charge in [-0.1, -0.05) is 47.2 Å². The molecule has 35 heavy (non-hydrogen) atoms. The molecule has 2 aromatic carbocycles. The third kappa shape index (κ3) is 4.23. The number of ketones is 1. The van der Waals surface area contributed by atoms with Crippen molar-refractivity contribution in [1.82, 2.24) is 4.98 Å². The van der Waals surface area contributed by atoms with Gasteiger partial charge in [-0.15, -0.1) is 0 Å². The van der Waals surface area contributed by atoms with E-state index in [0.29, 0.717) is 16.8 Å². The van der Waals surface area contributed by atoms with E-state index in [1.54, 1.807) is 39.0 Å². The smallest absolute Gasteiger partial charge is 0.350 e. The second-order valence-corrected chi connectivity index (χ2v) is 9.12. The van der Waals surface area contributed by atoms with E-state index in [-0.39, 0.29) is 27.8 Å². The number of carbonyl (C=O) groups excluding carboxylic acids is 3. The quantitative estimate of drug-likeness (QED) is 0.232. The minimum absolute atomic E-state index is 0.0177. The van der Waals surface area contributed by atoms with Gasteiger partial charge in [0.2, 0.25) is 0 Å². The zero-order valence-electron chi connectivity index (χ0n) is 19.6. The van der Waals surface area contributed by atoms with Crippen LogP contribution < -0.4 is 4.90 Å². The van der Waals surface area contributed by atoms with Crippen molar-refractivity contribution >= 4 is 39.9 Å². The minimum atomic E-state index is -1.28. The van der Waals surface area contributed by atoms with Crippen LogP contribution in [0.1, 0.15) is 50.6 Å². The number of hydrogen-bond donors (Lipinski definition) is 1. The molecular weight excluding hydrogens is 471 g/mol. The van der Waals surface area contributed by atoms with Gasteiger partial charge in [0, 0.05) is 11.1 Å². The molecule has 0 aliphatic carbocycles. The number of benzene rings is 2. The fraction of sp³-hybridized carbons (Fsp3) is 0.231. The van der Waals surface area contributed by atoms with Gasteiger partial charge in [0.25, 0.3) is 5.78 Å². The molecule has 0 bridgehead atoms. The lowest BCUT2D eigenvalue weighted by Crippen LogP contribution is -2.29. The molecule has 2 heterocycles. The average molecular weight is 495 g/mol. The predicted octanol–water partition coefficient (Wildman–Crippen LogP) is 5.01. The summed E-state index contributed by atoms with van der Waals surface area (Å²) in [5.41, 5.74) is 1.96. The highest BCUT2D eigenvalue weighted by Gasteiger charge is 2.49. The van der Waals surface area contributed by atoms with Crippen molar-refractivity contribution in [2.75, 3.05) is 11.5 Å². The summed E-state index contributed by atoms with van der Waals surface area (Å²) in [6, 6.07) is 9.78. The fourth-order valence-electron chi connectivity index (χ4n) is 4.03. The molecule has 0 radical (unpaired) electrons. The lowest BCUT2D eigenvalue weighted by molar-refractivity contribution is -0.132. The first kappa shape index (κ1) is 24.3. The molecular formula is C26H23FN2O5S. The highest BCUT2D eigenvalue weighted by Crippen LogP contribution is 2.44. The Morgan fingerprint density at radius 1 is 1.17 bits per heavy atom. The van der Waals surface area contributed by atoms with Gasteiger partial charge >= 0.3 is 11.9 Å². The van der Waals surface area contributed by atoms with E-state index in [1.807, 2.05) is 13.0 Å². The lowest BCUT2D eigenvalue weighted by atomic mass is 9.93. The Morgan fingerprint density at radius 2 is 1.89 bits per heavy atom. The van der Waals surface area contributed by atoms with E-state index in [9.17, 15) is 19.5 Å². The SMILES string of the molecule is CCOC(=O)c1sc(N2C(=O)C(=O)/C(=C(/O)c3cc(C)ccc3C)C2c2ccccc2F)nc1C. The fourth-order valence-corrected chi connectivity index (χ4v) is 5.02. The number of ether oxygens (including phenoxy) is 1. The van der Waals surface area contributed by atoms with Gasteiger partial charge in [-0.3, -0.25) is 14.5 Å². The standard InChI is InChI=1S/C26H23FN2O5S/c1-5-34-25(33)23-15(4)28-26(35-23)29-20(16-8-6-7-9-18(16)27)19(22(31)24(29)32)21(30)17-12-13(2)10-11-14(17)3/h6-12,20,30H,5H2,1-4H3/b21-19+. The number of thiazole rings is 1. The second kappa shape index (κ2) is 9.42. The normalized spacial score (nSPS) is 17.2. The highest BCUT2D eigenvalue weighted by atomic mass is 32.1. The summed E-state index contributed by atoms with van der Waals surface area (Å²) in [5.74, 6) is -3.62. The van der Waals surface area contributed by atoms with Crippen LogP contribution in [0.2, 0.25) is 0 Å². The molecule has 7 nitrogen and oxygen atoms in total. The topological polar surface area (TPSA) is 96.8 Å². The summed E-state index contributed by atoms with van der Waals surface area (Å²) in [6.45, 7) is 6.99. The van der Waals surface area contributed by atoms with Crippen LogP contribution in [0.25, 0.3) is 5.76 Å². The maximum Gasteiger partial charge on any atom is 0.350 e. The van der Waals surface area contributed by atoms with E-state index >= 15 is 4.39 Å². The third-order valence-corrected chi connectivity index (χ3v) is 6.88. The number of aromatic nitrogens is 1. The number of esters is 1. The first-order valence-corrected chi connectivity index (χ1v) is 11.7. The Kier molecular flexibility index (Phi) is 6.53. The van der Waals surface area contributed by atoms with Crippen LogP contribution in [0.3, 0.4) is 0 Å². The highest BCUT2D eigenvalue weighted by molar-refractivity contribution is 7.17. The monoisotopic (exact) mass is 494 g/mol. The minimum Gasteiger partial charge on any atom is -0.507 e. The van der Waals surface area contributed by atoms with Crippen LogP contribution in [0.15, 0.2) is 48.0 Å². The Balaban J connectivity index is 1.96. The molecule has 1 aliphatic heterocycles. The van der Waals surface area contributed by atoms with Gasteiger partial charge in [-0.05, 0) is 45.4 Å². The predicted molar refractivity (Wildman–Crippen MR) is 130 cm³/mol. The Hall–Kier alpha value is -3.85. The molecule has 0 saturated carbocycles. The van der Waals surface area contributed by atoms with E-state index in [4.69, 9.17) is 4.74 Å². The van der Waals surface area contributed by atoms with E-state index in [0.717, 1.165) is 21.8 Å². The molecule has 1 saturated heterocycles. The number of aryl methyl sites for hydroxylation is 3. The zero-order chi connectivity index (χ0) is 25.4. The molecule has 1 unspecified atom stereocenters.